The molecule has 1 aromatic carbocycles. The number of piperazine rings is 1. The molecule has 1 saturated heterocycles. The smallest absolute Gasteiger partial charge is 0.142 e. The number of ether oxygens (including phenoxy) is 1. The highest BCUT2D eigenvalue weighted by atomic mass is 16.5. The SMILES string of the molecule is c1ccc(N2CCN(CCc3ccc4c(c3)NCCO4)CC2)nc1. The molecule has 5 heteroatoms. The summed E-state index contributed by atoms with van der Waals surface area (Å²) < 4.78 is 5.64. The number of rotatable bonds is 4. The van der Waals surface area contributed by atoms with Gasteiger partial charge in [-0.2, -0.15) is 0 Å². The molecule has 0 unspecified atom stereocenters. The van der Waals surface area contributed by atoms with Crippen LogP contribution in [0.25, 0.3) is 0 Å². The number of aromatic nitrogens is 1. The summed E-state index contributed by atoms with van der Waals surface area (Å²) in [6.07, 6.45) is 2.95. The van der Waals surface area contributed by atoms with Crippen LogP contribution in [-0.4, -0.2) is 55.8 Å². The quantitative estimate of drug-likeness (QED) is 0.934. The first kappa shape index (κ1) is 15.3. The number of hydrogen-bond acceptors (Lipinski definition) is 5. The van der Waals surface area contributed by atoms with E-state index in [9.17, 15) is 0 Å². The fraction of sp³-hybridized carbons (Fsp3) is 0.421. The Kier molecular flexibility index (Phi) is 4.51. The van der Waals surface area contributed by atoms with Gasteiger partial charge in [-0.15, -0.1) is 0 Å². The average molecular weight is 324 g/mol. The molecule has 1 N–H and O–H groups in total. The van der Waals surface area contributed by atoms with Gasteiger partial charge in [-0.05, 0) is 36.2 Å². The molecule has 2 aliphatic heterocycles. The Morgan fingerprint density at radius 1 is 1.08 bits per heavy atom. The topological polar surface area (TPSA) is 40.6 Å². The molecule has 5 nitrogen and oxygen atoms in total. The Morgan fingerprint density at radius 3 is 2.83 bits per heavy atom. The van der Waals surface area contributed by atoms with Crippen LogP contribution in [0.3, 0.4) is 0 Å². The second-order valence-electron chi connectivity index (χ2n) is 6.37. The molecule has 2 aromatic rings. The van der Waals surface area contributed by atoms with Crippen LogP contribution in [0.15, 0.2) is 42.6 Å². The van der Waals surface area contributed by atoms with Crippen molar-refractivity contribution in [3.05, 3.63) is 48.2 Å². The van der Waals surface area contributed by atoms with E-state index >= 15 is 0 Å². The zero-order valence-corrected chi connectivity index (χ0v) is 13.9. The molecule has 4 rings (SSSR count). The van der Waals surface area contributed by atoms with Crippen LogP contribution >= 0.6 is 0 Å². The number of nitrogens with zero attached hydrogens (tertiary/aromatic N) is 3. The van der Waals surface area contributed by atoms with E-state index in [4.69, 9.17) is 4.74 Å². The Bertz CT molecular complexity index is 668. The second-order valence-corrected chi connectivity index (χ2v) is 6.37. The van der Waals surface area contributed by atoms with Crippen LogP contribution in [0.5, 0.6) is 5.75 Å². The van der Waals surface area contributed by atoms with Crippen LogP contribution in [0.2, 0.25) is 0 Å². The Morgan fingerprint density at radius 2 is 2.00 bits per heavy atom. The zero-order valence-electron chi connectivity index (χ0n) is 13.9. The van der Waals surface area contributed by atoms with Crippen molar-refractivity contribution in [1.82, 2.24) is 9.88 Å². The molecule has 0 amide bonds. The zero-order chi connectivity index (χ0) is 16.2. The van der Waals surface area contributed by atoms with Crippen LogP contribution in [0.4, 0.5) is 11.5 Å². The maximum atomic E-state index is 5.64. The van der Waals surface area contributed by atoms with Gasteiger partial charge >= 0.3 is 0 Å². The van der Waals surface area contributed by atoms with E-state index in [1.165, 1.54) is 5.56 Å². The fourth-order valence-corrected chi connectivity index (χ4v) is 3.37. The lowest BCUT2D eigenvalue weighted by Crippen LogP contribution is -2.47. The average Bonchev–Trinajstić information content (AvgIpc) is 2.67. The van der Waals surface area contributed by atoms with Gasteiger partial charge < -0.3 is 15.0 Å². The highest BCUT2D eigenvalue weighted by molar-refractivity contribution is 5.59. The number of anilines is 2. The van der Waals surface area contributed by atoms with E-state index in [2.05, 4.69) is 50.4 Å². The summed E-state index contributed by atoms with van der Waals surface area (Å²) in [5.41, 5.74) is 2.51. The van der Waals surface area contributed by atoms with Crippen molar-refractivity contribution < 1.29 is 4.74 Å². The second kappa shape index (κ2) is 7.09. The Hall–Kier alpha value is -2.27. The highest BCUT2D eigenvalue weighted by Gasteiger charge is 2.18. The minimum Gasteiger partial charge on any atom is -0.490 e. The van der Waals surface area contributed by atoms with Gasteiger partial charge in [-0.25, -0.2) is 4.98 Å². The first-order chi connectivity index (χ1) is 11.9. The third-order valence-corrected chi connectivity index (χ3v) is 4.78. The van der Waals surface area contributed by atoms with E-state index in [1.54, 1.807) is 0 Å². The summed E-state index contributed by atoms with van der Waals surface area (Å²) in [4.78, 5) is 9.37. The van der Waals surface area contributed by atoms with E-state index < -0.39 is 0 Å². The fourth-order valence-electron chi connectivity index (χ4n) is 3.37. The molecule has 24 heavy (non-hydrogen) atoms. The molecule has 1 aromatic heterocycles. The molecule has 126 valence electrons. The van der Waals surface area contributed by atoms with Gasteiger partial charge in [0.25, 0.3) is 0 Å². The Balaban J connectivity index is 1.28. The number of pyridine rings is 1. The summed E-state index contributed by atoms with van der Waals surface area (Å²) in [6, 6.07) is 12.6. The molecule has 1 fully saturated rings. The maximum Gasteiger partial charge on any atom is 0.142 e. The number of hydrogen-bond donors (Lipinski definition) is 1. The van der Waals surface area contributed by atoms with E-state index in [0.717, 1.165) is 69.6 Å². The molecule has 0 saturated carbocycles. The minimum atomic E-state index is 0.757. The number of benzene rings is 1. The van der Waals surface area contributed by atoms with Crippen LogP contribution in [-0.2, 0) is 6.42 Å². The monoisotopic (exact) mass is 324 g/mol. The third kappa shape index (κ3) is 3.46. The lowest BCUT2D eigenvalue weighted by atomic mass is 10.1. The summed E-state index contributed by atoms with van der Waals surface area (Å²) >= 11 is 0. The molecule has 0 aliphatic carbocycles. The maximum absolute atomic E-state index is 5.64. The van der Waals surface area contributed by atoms with Crippen molar-refractivity contribution >= 4 is 11.5 Å². The molecule has 0 spiro atoms. The van der Waals surface area contributed by atoms with Crippen molar-refractivity contribution in [1.29, 1.82) is 0 Å². The van der Waals surface area contributed by atoms with Crippen molar-refractivity contribution in [3.8, 4) is 5.75 Å². The first-order valence-electron chi connectivity index (χ1n) is 8.76. The molecule has 0 bridgehead atoms. The van der Waals surface area contributed by atoms with Gasteiger partial charge in [-0.1, -0.05) is 12.1 Å². The predicted molar refractivity (Wildman–Crippen MR) is 97.0 cm³/mol. The number of nitrogens with one attached hydrogen (secondary N) is 1. The summed E-state index contributed by atoms with van der Waals surface area (Å²) in [7, 11) is 0. The number of fused-ring (bicyclic) bond motifs is 1. The Labute approximate surface area is 143 Å². The molecule has 0 atom stereocenters. The van der Waals surface area contributed by atoms with Gasteiger partial charge in [-0.3, -0.25) is 4.90 Å². The van der Waals surface area contributed by atoms with Crippen molar-refractivity contribution in [2.45, 2.75) is 6.42 Å². The first-order valence-corrected chi connectivity index (χ1v) is 8.76. The van der Waals surface area contributed by atoms with Gasteiger partial charge in [0.1, 0.15) is 18.2 Å². The molecule has 0 radical (unpaired) electrons. The van der Waals surface area contributed by atoms with Crippen molar-refractivity contribution in [2.75, 3.05) is 56.1 Å². The van der Waals surface area contributed by atoms with Gasteiger partial charge in [0.15, 0.2) is 0 Å². The lowest BCUT2D eigenvalue weighted by Gasteiger charge is -2.35. The van der Waals surface area contributed by atoms with E-state index in [0.29, 0.717) is 0 Å². The van der Waals surface area contributed by atoms with Crippen LogP contribution in [0, 0.1) is 0 Å². The normalized spacial score (nSPS) is 17.8. The van der Waals surface area contributed by atoms with Crippen LogP contribution in [0.1, 0.15) is 5.56 Å². The van der Waals surface area contributed by atoms with E-state index in [-0.39, 0.29) is 0 Å². The van der Waals surface area contributed by atoms with Crippen molar-refractivity contribution in [3.63, 3.8) is 0 Å². The molecule has 3 heterocycles. The van der Waals surface area contributed by atoms with Gasteiger partial charge in [0.05, 0.1) is 5.69 Å². The molecular weight excluding hydrogens is 300 g/mol. The molecular formula is C19H24N4O. The predicted octanol–water partition coefficient (Wildman–Crippen LogP) is 2.25. The summed E-state index contributed by atoms with van der Waals surface area (Å²) in [6.45, 7) is 7.06. The van der Waals surface area contributed by atoms with Crippen LogP contribution < -0.4 is 15.0 Å². The minimum absolute atomic E-state index is 0.757. The van der Waals surface area contributed by atoms with Gasteiger partial charge in [0.2, 0.25) is 0 Å². The van der Waals surface area contributed by atoms with Gasteiger partial charge in [0, 0.05) is 45.5 Å². The molecule has 2 aliphatic rings. The third-order valence-electron chi connectivity index (χ3n) is 4.78. The standard InChI is InChI=1S/C19H24N4O/c1-2-7-21-19(3-1)23-12-10-22(11-13-23)9-6-16-4-5-18-17(15-16)20-8-14-24-18/h1-5,7,15,20H,6,8-14H2. The van der Waals surface area contributed by atoms with Crippen molar-refractivity contribution in [2.24, 2.45) is 0 Å². The summed E-state index contributed by atoms with van der Waals surface area (Å²) in [5, 5.41) is 3.41. The highest BCUT2D eigenvalue weighted by Crippen LogP contribution is 2.28. The largest absolute Gasteiger partial charge is 0.490 e. The summed E-state index contributed by atoms with van der Waals surface area (Å²) in [5.74, 6) is 2.08. The van der Waals surface area contributed by atoms with E-state index in [1.807, 2.05) is 12.3 Å². The lowest BCUT2D eigenvalue weighted by molar-refractivity contribution is 0.260.